The Morgan fingerprint density at radius 2 is 1.82 bits per heavy atom. The van der Waals surface area contributed by atoms with Gasteiger partial charge in [-0.3, -0.25) is 4.55 Å². The van der Waals surface area contributed by atoms with Gasteiger partial charge in [0.15, 0.2) is 0 Å². The lowest BCUT2D eigenvalue weighted by molar-refractivity contribution is 0.407. The van der Waals surface area contributed by atoms with Gasteiger partial charge >= 0.3 is 10.4 Å². The van der Waals surface area contributed by atoms with Crippen molar-refractivity contribution in [2.75, 3.05) is 0 Å². The van der Waals surface area contributed by atoms with E-state index in [4.69, 9.17) is 4.55 Å². The van der Waals surface area contributed by atoms with Gasteiger partial charge in [0.05, 0.1) is 0 Å². The van der Waals surface area contributed by atoms with Gasteiger partial charge in [0.1, 0.15) is 0 Å². The second-order valence-corrected chi connectivity index (χ2v) is 5.32. The Labute approximate surface area is 104 Å². The molecule has 90 valence electrons. The van der Waals surface area contributed by atoms with Crippen molar-refractivity contribution < 1.29 is 16.6 Å². The molecule has 0 saturated carbocycles. The average molecular weight is 270 g/mol. The van der Waals surface area contributed by atoms with Crippen molar-refractivity contribution in [1.82, 2.24) is 0 Å². The van der Waals surface area contributed by atoms with Gasteiger partial charge in [0.25, 0.3) is 0 Å². The largest absolute Gasteiger partial charge is 0.408 e. The Morgan fingerprint density at radius 1 is 1.12 bits per heavy atom. The number of benzene rings is 2. The van der Waals surface area contributed by atoms with E-state index >= 15 is 0 Å². The molecule has 0 amide bonds. The molecule has 2 aromatic rings. The Hall–Kier alpha value is -1.08. The van der Waals surface area contributed by atoms with Crippen LogP contribution >= 0.6 is 12.0 Å². The van der Waals surface area contributed by atoms with Crippen LogP contribution in [0.1, 0.15) is 5.56 Å². The van der Waals surface area contributed by atoms with Crippen LogP contribution in [0.15, 0.2) is 42.5 Å². The molecule has 0 spiro atoms. The molecule has 1 N–H and O–H groups in total. The summed E-state index contributed by atoms with van der Waals surface area (Å²) in [6.07, 6.45) is 0. The highest BCUT2D eigenvalue weighted by Crippen LogP contribution is 2.23. The lowest BCUT2D eigenvalue weighted by atomic mass is 10.1. The molecule has 0 aliphatic carbocycles. The highest BCUT2D eigenvalue weighted by molar-refractivity contribution is 8.02. The van der Waals surface area contributed by atoms with Crippen LogP contribution in [-0.4, -0.2) is 13.0 Å². The monoisotopic (exact) mass is 270 g/mol. The number of hydrogen-bond donors (Lipinski definition) is 1. The maximum atomic E-state index is 10.4. The minimum atomic E-state index is -4.38. The van der Waals surface area contributed by atoms with Crippen LogP contribution in [0.3, 0.4) is 0 Å². The fraction of sp³-hybridized carbons (Fsp3) is 0.0909. The average Bonchev–Trinajstić information content (AvgIpc) is 2.28. The van der Waals surface area contributed by atoms with Gasteiger partial charge in [-0.1, -0.05) is 42.5 Å². The smallest absolute Gasteiger partial charge is 0.263 e. The first-order valence-electron chi connectivity index (χ1n) is 4.81. The van der Waals surface area contributed by atoms with E-state index in [1.807, 2.05) is 42.5 Å². The Kier molecular flexibility index (Phi) is 3.68. The summed E-state index contributed by atoms with van der Waals surface area (Å²) in [5.74, 6) is 0.348. The molecule has 0 atom stereocenters. The van der Waals surface area contributed by atoms with Gasteiger partial charge in [-0.15, -0.1) is 0 Å². The first-order valence-corrected chi connectivity index (χ1v) is 7.09. The van der Waals surface area contributed by atoms with E-state index in [9.17, 15) is 8.42 Å². The molecule has 0 radical (unpaired) electrons. The summed E-state index contributed by atoms with van der Waals surface area (Å²) in [7, 11) is -4.38. The van der Waals surface area contributed by atoms with Gasteiger partial charge in [-0.2, -0.15) is 12.0 Å². The summed E-state index contributed by atoms with van der Waals surface area (Å²) in [5.41, 5.74) is 0.955. The first kappa shape index (κ1) is 12.4. The zero-order valence-corrected chi connectivity index (χ0v) is 10.4. The molecule has 0 fully saturated rings. The quantitative estimate of drug-likeness (QED) is 0.683. The van der Waals surface area contributed by atoms with Crippen LogP contribution in [0.25, 0.3) is 10.8 Å². The summed E-state index contributed by atoms with van der Waals surface area (Å²) in [4.78, 5) is 0. The van der Waals surface area contributed by atoms with Crippen LogP contribution in [0.5, 0.6) is 0 Å². The molecule has 0 aromatic heterocycles. The molecule has 0 heterocycles. The standard InChI is InChI=1S/C11H10O4S2/c12-17(13,14)15-16-8-10-6-3-5-9-4-1-2-7-11(9)10/h1-7H,8H2,(H,12,13,14). The molecule has 0 aliphatic rings. The third-order valence-electron chi connectivity index (χ3n) is 2.23. The first-order chi connectivity index (χ1) is 8.06. The summed E-state index contributed by atoms with van der Waals surface area (Å²) in [6, 6.07) is 13.6. The predicted molar refractivity (Wildman–Crippen MR) is 67.9 cm³/mol. The van der Waals surface area contributed by atoms with Crippen molar-refractivity contribution in [3.8, 4) is 0 Å². The number of hydrogen-bond acceptors (Lipinski definition) is 4. The molecule has 0 aliphatic heterocycles. The molecular weight excluding hydrogens is 260 g/mol. The SMILES string of the molecule is O=S(=O)(O)OSCc1cccc2ccccc12. The van der Waals surface area contributed by atoms with E-state index in [0.29, 0.717) is 17.8 Å². The van der Waals surface area contributed by atoms with Gasteiger partial charge in [-0.05, 0) is 16.3 Å². The van der Waals surface area contributed by atoms with E-state index in [1.54, 1.807) is 0 Å². The van der Waals surface area contributed by atoms with E-state index in [2.05, 4.69) is 3.63 Å². The van der Waals surface area contributed by atoms with Crippen molar-refractivity contribution in [2.45, 2.75) is 5.75 Å². The molecule has 0 saturated heterocycles. The maximum Gasteiger partial charge on any atom is 0.408 e. The second-order valence-electron chi connectivity index (χ2n) is 3.40. The summed E-state index contributed by atoms with van der Waals surface area (Å²) in [5, 5.41) is 2.12. The van der Waals surface area contributed by atoms with Crippen molar-refractivity contribution in [1.29, 1.82) is 0 Å². The number of fused-ring (bicyclic) bond motifs is 1. The molecule has 17 heavy (non-hydrogen) atoms. The fourth-order valence-electron chi connectivity index (χ4n) is 1.57. The van der Waals surface area contributed by atoms with E-state index in [0.717, 1.165) is 16.3 Å². The zero-order chi connectivity index (χ0) is 12.3. The van der Waals surface area contributed by atoms with Gasteiger partial charge in [0.2, 0.25) is 0 Å². The highest BCUT2D eigenvalue weighted by atomic mass is 32.3. The maximum absolute atomic E-state index is 10.4. The Bertz CT molecular complexity index is 617. The third-order valence-corrected chi connectivity index (χ3v) is 3.73. The lowest BCUT2D eigenvalue weighted by Gasteiger charge is -2.04. The highest BCUT2D eigenvalue weighted by Gasteiger charge is 2.06. The molecular formula is C11H10O4S2. The molecule has 0 unspecified atom stereocenters. The fourth-order valence-corrected chi connectivity index (χ4v) is 2.62. The Morgan fingerprint density at radius 3 is 2.59 bits per heavy atom. The van der Waals surface area contributed by atoms with Crippen LogP contribution in [0.2, 0.25) is 0 Å². The van der Waals surface area contributed by atoms with Crippen LogP contribution in [-0.2, 0) is 19.8 Å². The molecule has 0 bridgehead atoms. The van der Waals surface area contributed by atoms with E-state index < -0.39 is 10.4 Å². The summed E-state index contributed by atoms with van der Waals surface area (Å²) < 4.78 is 33.5. The summed E-state index contributed by atoms with van der Waals surface area (Å²) in [6.45, 7) is 0. The molecule has 2 aromatic carbocycles. The normalized spacial score (nSPS) is 11.8. The van der Waals surface area contributed by atoms with Crippen LogP contribution in [0.4, 0.5) is 0 Å². The second kappa shape index (κ2) is 5.05. The minimum absolute atomic E-state index is 0.348. The van der Waals surface area contributed by atoms with Crippen LogP contribution in [0, 0.1) is 0 Å². The molecule has 6 heteroatoms. The lowest BCUT2D eigenvalue weighted by Crippen LogP contribution is -1.97. The predicted octanol–water partition coefficient (Wildman–Crippen LogP) is 2.81. The topological polar surface area (TPSA) is 63.6 Å². The molecule has 2 rings (SSSR count). The van der Waals surface area contributed by atoms with Crippen LogP contribution < -0.4 is 0 Å². The van der Waals surface area contributed by atoms with Crippen molar-refractivity contribution >= 4 is 33.2 Å². The minimum Gasteiger partial charge on any atom is -0.263 e. The third kappa shape index (κ3) is 3.44. The van der Waals surface area contributed by atoms with E-state index in [1.165, 1.54) is 0 Å². The van der Waals surface area contributed by atoms with Crippen molar-refractivity contribution in [3.05, 3.63) is 48.0 Å². The zero-order valence-electron chi connectivity index (χ0n) is 8.74. The van der Waals surface area contributed by atoms with Crippen molar-refractivity contribution in [2.24, 2.45) is 0 Å². The molecule has 4 nitrogen and oxygen atoms in total. The van der Waals surface area contributed by atoms with E-state index in [-0.39, 0.29) is 0 Å². The Balaban J connectivity index is 2.19. The number of rotatable bonds is 4. The van der Waals surface area contributed by atoms with Gasteiger partial charge in [0, 0.05) is 17.8 Å². The van der Waals surface area contributed by atoms with Gasteiger partial charge < -0.3 is 0 Å². The van der Waals surface area contributed by atoms with Crippen molar-refractivity contribution in [3.63, 3.8) is 0 Å². The van der Waals surface area contributed by atoms with Gasteiger partial charge in [-0.25, -0.2) is 0 Å². The summed E-state index contributed by atoms with van der Waals surface area (Å²) >= 11 is 0.690.